The number of benzene rings is 2. The van der Waals surface area contributed by atoms with Gasteiger partial charge in [-0.2, -0.15) is 15.0 Å². The lowest BCUT2D eigenvalue weighted by Crippen LogP contribution is -2.36. The van der Waals surface area contributed by atoms with E-state index in [9.17, 15) is 4.79 Å². The van der Waals surface area contributed by atoms with Crippen LogP contribution in [0.3, 0.4) is 0 Å². The summed E-state index contributed by atoms with van der Waals surface area (Å²) < 4.78 is 11.1. The zero-order valence-corrected chi connectivity index (χ0v) is 18.1. The van der Waals surface area contributed by atoms with E-state index in [2.05, 4.69) is 20.3 Å². The number of aryl methyl sites for hydroxylation is 1. The van der Waals surface area contributed by atoms with E-state index in [0.29, 0.717) is 30.2 Å². The number of hydrogen-bond donors (Lipinski definition) is 1. The lowest BCUT2D eigenvalue weighted by atomic mass is 10.1. The molecule has 164 valence electrons. The van der Waals surface area contributed by atoms with Crippen molar-refractivity contribution in [1.82, 2.24) is 15.0 Å². The number of amides is 1. The smallest absolute Gasteiger partial charge is 0.417 e. The molecule has 2 fully saturated rings. The van der Waals surface area contributed by atoms with Crippen LogP contribution >= 0.6 is 0 Å². The minimum Gasteiger partial charge on any atom is -0.457 e. The Hall–Kier alpha value is -3.68. The highest BCUT2D eigenvalue weighted by Crippen LogP contribution is 2.39. The van der Waals surface area contributed by atoms with Gasteiger partial charge in [0, 0.05) is 0 Å². The Morgan fingerprint density at radius 2 is 1.75 bits per heavy atom. The van der Waals surface area contributed by atoms with E-state index in [1.807, 2.05) is 61.5 Å². The lowest BCUT2D eigenvalue weighted by molar-refractivity contribution is 0.178. The largest absolute Gasteiger partial charge is 0.457 e. The first-order valence-corrected chi connectivity index (χ1v) is 10.8. The number of hydrogen-bond acceptors (Lipinski definition) is 7. The SMILES string of the molecule is Cc1nc(N[C@@H](C)c2ccc(Oc3ccccc3)cc2)nc(N2C(=O)OC[C@@H]2C2CC2)n1. The number of carbonyl (C=O) groups excluding carboxylic acids is 1. The number of anilines is 2. The van der Waals surface area contributed by atoms with Gasteiger partial charge in [0.05, 0.1) is 12.1 Å². The van der Waals surface area contributed by atoms with Crippen molar-refractivity contribution < 1.29 is 14.3 Å². The molecule has 32 heavy (non-hydrogen) atoms. The third-order valence-electron chi connectivity index (χ3n) is 5.73. The molecular weight excluding hydrogens is 406 g/mol. The molecule has 0 bridgehead atoms. The molecule has 2 aliphatic rings. The van der Waals surface area contributed by atoms with E-state index in [0.717, 1.165) is 29.9 Å². The maximum absolute atomic E-state index is 12.3. The maximum Gasteiger partial charge on any atom is 0.417 e. The number of nitrogens with zero attached hydrogens (tertiary/aromatic N) is 4. The van der Waals surface area contributed by atoms with E-state index < -0.39 is 0 Å². The molecule has 2 heterocycles. The quantitative estimate of drug-likeness (QED) is 0.570. The molecule has 0 unspecified atom stereocenters. The number of ether oxygens (including phenoxy) is 2. The summed E-state index contributed by atoms with van der Waals surface area (Å²) in [4.78, 5) is 27.3. The number of para-hydroxylation sites is 1. The molecule has 1 aliphatic heterocycles. The second-order valence-electron chi connectivity index (χ2n) is 8.21. The predicted octanol–water partition coefficient (Wildman–Crippen LogP) is 4.88. The number of aromatic nitrogens is 3. The summed E-state index contributed by atoms with van der Waals surface area (Å²) in [5, 5.41) is 3.32. The van der Waals surface area contributed by atoms with E-state index in [1.54, 1.807) is 11.8 Å². The monoisotopic (exact) mass is 431 g/mol. The van der Waals surface area contributed by atoms with Gasteiger partial charge < -0.3 is 14.8 Å². The van der Waals surface area contributed by atoms with Crippen molar-refractivity contribution in [2.45, 2.75) is 38.8 Å². The first-order chi connectivity index (χ1) is 15.6. The maximum atomic E-state index is 12.3. The summed E-state index contributed by atoms with van der Waals surface area (Å²) in [6, 6.07) is 17.5. The molecule has 1 aromatic heterocycles. The Morgan fingerprint density at radius 3 is 2.47 bits per heavy atom. The van der Waals surface area contributed by atoms with Gasteiger partial charge in [0.15, 0.2) is 0 Å². The Bertz CT molecular complexity index is 1100. The fraction of sp³-hybridized carbons (Fsp3) is 0.333. The minimum atomic E-state index is -0.388. The molecule has 1 saturated carbocycles. The van der Waals surface area contributed by atoms with Crippen molar-refractivity contribution in [2.24, 2.45) is 5.92 Å². The van der Waals surface area contributed by atoms with Crippen LogP contribution in [0, 0.1) is 12.8 Å². The Balaban J connectivity index is 1.30. The zero-order valence-electron chi connectivity index (χ0n) is 18.1. The average molecular weight is 431 g/mol. The van der Waals surface area contributed by atoms with Crippen LogP contribution in [0.15, 0.2) is 54.6 Å². The number of carbonyl (C=O) groups is 1. The first kappa shape index (κ1) is 20.2. The van der Waals surface area contributed by atoms with Gasteiger partial charge in [0.1, 0.15) is 23.9 Å². The second-order valence-corrected chi connectivity index (χ2v) is 8.21. The normalized spacial score (nSPS) is 18.9. The highest BCUT2D eigenvalue weighted by atomic mass is 16.6. The fourth-order valence-corrected chi connectivity index (χ4v) is 3.86. The van der Waals surface area contributed by atoms with Gasteiger partial charge in [-0.25, -0.2) is 9.69 Å². The van der Waals surface area contributed by atoms with Crippen molar-refractivity contribution in [3.8, 4) is 11.5 Å². The van der Waals surface area contributed by atoms with Gasteiger partial charge in [-0.15, -0.1) is 0 Å². The fourth-order valence-electron chi connectivity index (χ4n) is 3.86. The van der Waals surface area contributed by atoms with Crippen molar-refractivity contribution in [2.75, 3.05) is 16.8 Å². The highest BCUT2D eigenvalue weighted by molar-refractivity contribution is 5.88. The van der Waals surface area contributed by atoms with Crippen LogP contribution in [0.5, 0.6) is 11.5 Å². The van der Waals surface area contributed by atoms with Crippen LogP contribution in [0.25, 0.3) is 0 Å². The second kappa shape index (κ2) is 8.45. The number of nitrogens with one attached hydrogen (secondary N) is 1. The van der Waals surface area contributed by atoms with Gasteiger partial charge in [-0.3, -0.25) is 0 Å². The van der Waals surface area contributed by atoms with Crippen LogP contribution in [-0.2, 0) is 4.74 Å². The van der Waals surface area contributed by atoms with E-state index in [4.69, 9.17) is 9.47 Å². The summed E-state index contributed by atoms with van der Waals surface area (Å²) in [7, 11) is 0. The zero-order chi connectivity index (χ0) is 22.1. The molecule has 2 atom stereocenters. The molecule has 1 saturated heterocycles. The third-order valence-corrected chi connectivity index (χ3v) is 5.73. The summed E-state index contributed by atoms with van der Waals surface area (Å²) in [6.07, 6.45) is 1.82. The van der Waals surface area contributed by atoms with E-state index in [-0.39, 0.29) is 18.2 Å². The van der Waals surface area contributed by atoms with Crippen molar-refractivity contribution in [3.05, 3.63) is 66.0 Å². The van der Waals surface area contributed by atoms with Crippen LogP contribution < -0.4 is 15.0 Å². The van der Waals surface area contributed by atoms with E-state index >= 15 is 0 Å². The topological polar surface area (TPSA) is 89.5 Å². The molecular formula is C24H25N5O3. The van der Waals surface area contributed by atoms with Crippen LogP contribution in [0.4, 0.5) is 16.7 Å². The average Bonchev–Trinajstić information content (AvgIpc) is 3.56. The van der Waals surface area contributed by atoms with Crippen LogP contribution in [0.1, 0.15) is 37.2 Å². The third kappa shape index (κ3) is 4.34. The molecule has 1 N–H and O–H groups in total. The lowest BCUT2D eigenvalue weighted by Gasteiger charge is -2.20. The number of rotatable bonds is 7. The summed E-state index contributed by atoms with van der Waals surface area (Å²) >= 11 is 0. The molecule has 8 nitrogen and oxygen atoms in total. The standard InChI is InChI=1S/C24H25N5O3/c1-15(17-10-12-20(13-11-17)32-19-6-4-3-5-7-19)25-22-26-16(2)27-23(28-22)29-21(18-8-9-18)14-31-24(29)30/h3-7,10-13,15,18,21H,8-9,14H2,1-2H3,(H,25,26,27,28)/t15-,21+/m0/s1. The minimum absolute atomic E-state index is 0.00623. The first-order valence-electron chi connectivity index (χ1n) is 10.8. The summed E-state index contributed by atoms with van der Waals surface area (Å²) in [6.45, 7) is 4.22. The highest BCUT2D eigenvalue weighted by Gasteiger charge is 2.45. The van der Waals surface area contributed by atoms with Crippen molar-refractivity contribution in [3.63, 3.8) is 0 Å². The van der Waals surface area contributed by atoms with Crippen molar-refractivity contribution >= 4 is 18.0 Å². The molecule has 0 radical (unpaired) electrons. The molecule has 2 aromatic carbocycles. The number of cyclic esters (lactones) is 1. The van der Waals surface area contributed by atoms with Crippen molar-refractivity contribution in [1.29, 1.82) is 0 Å². The molecule has 1 aliphatic carbocycles. The van der Waals surface area contributed by atoms with Gasteiger partial charge in [-0.05, 0) is 62.4 Å². The Morgan fingerprint density at radius 1 is 1.03 bits per heavy atom. The van der Waals surface area contributed by atoms with E-state index in [1.165, 1.54) is 0 Å². The molecule has 1 amide bonds. The Labute approximate surface area is 186 Å². The molecule has 8 heteroatoms. The van der Waals surface area contributed by atoms with Gasteiger partial charge in [0.25, 0.3) is 0 Å². The van der Waals surface area contributed by atoms with Gasteiger partial charge >= 0.3 is 6.09 Å². The van der Waals surface area contributed by atoms with Gasteiger partial charge in [0.2, 0.25) is 11.9 Å². The van der Waals surface area contributed by atoms with Crippen LogP contribution in [-0.4, -0.2) is 33.7 Å². The van der Waals surface area contributed by atoms with Gasteiger partial charge in [-0.1, -0.05) is 30.3 Å². The molecule has 0 spiro atoms. The molecule has 5 rings (SSSR count). The van der Waals surface area contributed by atoms with Crippen LogP contribution in [0.2, 0.25) is 0 Å². The summed E-state index contributed by atoms with van der Waals surface area (Å²) in [5.74, 6) is 3.35. The summed E-state index contributed by atoms with van der Waals surface area (Å²) in [5.41, 5.74) is 1.06. The molecule has 3 aromatic rings. The Kier molecular flexibility index (Phi) is 5.34. The predicted molar refractivity (Wildman–Crippen MR) is 120 cm³/mol.